The van der Waals surface area contributed by atoms with Crippen LogP contribution in [0.4, 0.5) is 0 Å². The number of pyridine rings is 2. The molecule has 1 N–H and O–H groups in total. The van der Waals surface area contributed by atoms with E-state index in [2.05, 4.69) is 25.4 Å². The summed E-state index contributed by atoms with van der Waals surface area (Å²) in [4.78, 5) is 25.4. The Bertz CT molecular complexity index is 880. The van der Waals surface area contributed by atoms with E-state index < -0.39 is 5.54 Å². The predicted molar refractivity (Wildman–Crippen MR) is 81.6 cm³/mol. The number of rotatable bonds is 3. The summed E-state index contributed by atoms with van der Waals surface area (Å²) in [7, 11) is 0. The molecule has 0 spiro atoms. The largest absolute Gasteiger partial charge is 0.340 e. The lowest BCUT2D eigenvalue weighted by atomic mass is 9.76. The number of fused-ring (bicyclic) bond motifs is 1. The van der Waals surface area contributed by atoms with Gasteiger partial charge in [0.1, 0.15) is 5.54 Å². The zero-order valence-electron chi connectivity index (χ0n) is 12.6. The molecule has 3 aromatic heterocycles. The Hall–Kier alpha value is -2.83. The Kier molecular flexibility index (Phi) is 3.07. The van der Waals surface area contributed by atoms with Crippen molar-refractivity contribution in [3.63, 3.8) is 0 Å². The number of aryl methyl sites for hydroxylation is 1. The molecule has 0 aromatic carbocycles. The number of nitrogens with zero attached hydrogens (tertiary/aromatic N) is 4. The van der Waals surface area contributed by atoms with Gasteiger partial charge in [-0.3, -0.25) is 14.8 Å². The molecule has 1 aliphatic carbocycles. The molecule has 0 unspecified atom stereocenters. The predicted octanol–water partition coefficient (Wildman–Crippen LogP) is 2.13. The van der Waals surface area contributed by atoms with Gasteiger partial charge in [0, 0.05) is 30.9 Å². The topological polar surface area (TPSA) is 93.8 Å². The normalized spacial score (nSPS) is 16.0. The van der Waals surface area contributed by atoms with Gasteiger partial charge < -0.3 is 9.84 Å². The average molecular weight is 309 g/mol. The van der Waals surface area contributed by atoms with Crippen LogP contribution in [0.3, 0.4) is 0 Å². The molecule has 0 radical (unpaired) electrons. The SMILES string of the molecule is Cc1nc(C2(NC(=O)c3ccnc4ccncc34)CCC2)no1. The van der Waals surface area contributed by atoms with Gasteiger partial charge in [0.2, 0.25) is 5.89 Å². The summed E-state index contributed by atoms with van der Waals surface area (Å²) in [6.45, 7) is 1.74. The Morgan fingerprint density at radius 2 is 2.17 bits per heavy atom. The minimum atomic E-state index is -0.535. The highest BCUT2D eigenvalue weighted by Gasteiger charge is 2.44. The maximum Gasteiger partial charge on any atom is 0.252 e. The molecule has 7 nitrogen and oxygen atoms in total. The lowest BCUT2D eigenvalue weighted by Gasteiger charge is -2.39. The number of aromatic nitrogens is 4. The smallest absolute Gasteiger partial charge is 0.252 e. The van der Waals surface area contributed by atoms with Crippen LogP contribution in [0.1, 0.15) is 41.3 Å². The van der Waals surface area contributed by atoms with E-state index in [9.17, 15) is 4.79 Å². The van der Waals surface area contributed by atoms with E-state index in [0.717, 1.165) is 30.2 Å². The summed E-state index contributed by atoms with van der Waals surface area (Å²) >= 11 is 0. The lowest BCUT2D eigenvalue weighted by Crippen LogP contribution is -2.51. The van der Waals surface area contributed by atoms with Crippen molar-refractivity contribution in [2.45, 2.75) is 31.7 Å². The molecular formula is C16H15N5O2. The summed E-state index contributed by atoms with van der Waals surface area (Å²) in [5.74, 6) is 0.873. The van der Waals surface area contributed by atoms with Crippen molar-refractivity contribution in [1.29, 1.82) is 0 Å². The van der Waals surface area contributed by atoms with E-state index in [1.807, 2.05) is 0 Å². The fourth-order valence-electron chi connectivity index (χ4n) is 2.90. The van der Waals surface area contributed by atoms with E-state index in [0.29, 0.717) is 17.3 Å². The molecule has 116 valence electrons. The third-order valence-electron chi connectivity index (χ3n) is 4.30. The van der Waals surface area contributed by atoms with Crippen LogP contribution in [0.5, 0.6) is 0 Å². The van der Waals surface area contributed by atoms with Gasteiger partial charge >= 0.3 is 0 Å². The Labute approximate surface area is 132 Å². The molecule has 3 heterocycles. The summed E-state index contributed by atoms with van der Waals surface area (Å²) in [5, 5.41) is 7.81. The second-order valence-electron chi connectivity index (χ2n) is 5.78. The minimum absolute atomic E-state index is 0.174. The third-order valence-corrected chi connectivity index (χ3v) is 4.30. The number of carbonyl (C=O) groups is 1. The van der Waals surface area contributed by atoms with Gasteiger partial charge in [-0.05, 0) is 31.4 Å². The maximum atomic E-state index is 12.8. The van der Waals surface area contributed by atoms with E-state index in [1.165, 1.54) is 0 Å². The van der Waals surface area contributed by atoms with Gasteiger partial charge in [0.15, 0.2) is 5.82 Å². The highest BCUT2D eigenvalue weighted by atomic mass is 16.5. The van der Waals surface area contributed by atoms with Crippen molar-refractivity contribution in [1.82, 2.24) is 25.4 Å². The second kappa shape index (κ2) is 5.12. The molecule has 23 heavy (non-hydrogen) atoms. The zero-order valence-corrected chi connectivity index (χ0v) is 12.6. The molecular weight excluding hydrogens is 294 g/mol. The van der Waals surface area contributed by atoms with Crippen molar-refractivity contribution in [3.8, 4) is 0 Å². The van der Waals surface area contributed by atoms with Gasteiger partial charge in [-0.15, -0.1) is 0 Å². The first-order chi connectivity index (χ1) is 11.2. The Morgan fingerprint density at radius 3 is 2.87 bits per heavy atom. The van der Waals surface area contributed by atoms with E-state index in [-0.39, 0.29) is 5.91 Å². The molecule has 1 aliphatic rings. The first-order valence-corrected chi connectivity index (χ1v) is 7.50. The van der Waals surface area contributed by atoms with Crippen molar-refractivity contribution in [3.05, 3.63) is 48.0 Å². The van der Waals surface area contributed by atoms with Crippen LogP contribution < -0.4 is 5.32 Å². The van der Waals surface area contributed by atoms with Gasteiger partial charge in [0.25, 0.3) is 5.91 Å². The number of nitrogens with one attached hydrogen (secondary N) is 1. The van der Waals surface area contributed by atoms with E-state index >= 15 is 0 Å². The summed E-state index contributed by atoms with van der Waals surface area (Å²) in [5.41, 5.74) is 0.757. The molecule has 7 heteroatoms. The first kappa shape index (κ1) is 13.8. The minimum Gasteiger partial charge on any atom is -0.340 e. The van der Waals surface area contributed by atoms with Crippen LogP contribution in [0, 0.1) is 6.92 Å². The Morgan fingerprint density at radius 1 is 1.30 bits per heavy atom. The van der Waals surface area contributed by atoms with Crippen LogP contribution in [-0.2, 0) is 5.54 Å². The number of hydrogen-bond acceptors (Lipinski definition) is 6. The van der Waals surface area contributed by atoms with Gasteiger partial charge in [-0.25, -0.2) is 0 Å². The average Bonchev–Trinajstić information content (AvgIpc) is 2.96. The molecule has 4 rings (SSSR count). The fraction of sp³-hybridized carbons (Fsp3) is 0.312. The Balaban J connectivity index is 1.69. The highest BCUT2D eigenvalue weighted by molar-refractivity contribution is 6.06. The van der Waals surface area contributed by atoms with Crippen LogP contribution >= 0.6 is 0 Å². The molecule has 0 atom stereocenters. The quantitative estimate of drug-likeness (QED) is 0.796. The van der Waals surface area contributed by atoms with Crippen molar-refractivity contribution >= 4 is 16.8 Å². The zero-order chi connectivity index (χ0) is 15.9. The van der Waals surface area contributed by atoms with Gasteiger partial charge in [-0.2, -0.15) is 4.98 Å². The second-order valence-corrected chi connectivity index (χ2v) is 5.78. The molecule has 1 saturated carbocycles. The molecule has 3 aromatic rings. The fourth-order valence-corrected chi connectivity index (χ4v) is 2.90. The molecule has 1 amide bonds. The monoisotopic (exact) mass is 309 g/mol. The molecule has 0 saturated heterocycles. The van der Waals surface area contributed by atoms with Gasteiger partial charge in [0.05, 0.1) is 11.1 Å². The van der Waals surface area contributed by atoms with Crippen LogP contribution in [-0.4, -0.2) is 26.0 Å². The summed E-state index contributed by atoms with van der Waals surface area (Å²) < 4.78 is 5.07. The number of amides is 1. The molecule has 1 fully saturated rings. The lowest BCUT2D eigenvalue weighted by molar-refractivity contribution is 0.0806. The van der Waals surface area contributed by atoms with Crippen LogP contribution in [0.15, 0.2) is 35.2 Å². The summed E-state index contributed by atoms with van der Waals surface area (Å²) in [6, 6.07) is 3.49. The van der Waals surface area contributed by atoms with Crippen molar-refractivity contribution in [2.24, 2.45) is 0 Å². The molecule has 0 bridgehead atoms. The van der Waals surface area contributed by atoms with Crippen molar-refractivity contribution in [2.75, 3.05) is 0 Å². The van der Waals surface area contributed by atoms with Crippen molar-refractivity contribution < 1.29 is 9.32 Å². The third kappa shape index (κ3) is 2.25. The highest BCUT2D eigenvalue weighted by Crippen LogP contribution is 2.40. The number of hydrogen-bond donors (Lipinski definition) is 1. The van der Waals surface area contributed by atoms with E-state index in [1.54, 1.807) is 37.6 Å². The molecule has 0 aliphatic heterocycles. The summed E-state index contributed by atoms with van der Waals surface area (Å²) in [6.07, 6.45) is 7.57. The number of carbonyl (C=O) groups excluding carboxylic acids is 1. The van der Waals surface area contributed by atoms with Crippen LogP contribution in [0.2, 0.25) is 0 Å². The maximum absolute atomic E-state index is 12.8. The standard InChI is InChI=1S/C16H15N5O2/c1-10-19-15(21-23-10)16(5-2-6-16)20-14(22)11-3-8-18-13-4-7-17-9-12(11)13/h3-4,7-9H,2,5-6H2,1H3,(H,20,22). The van der Waals surface area contributed by atoms with Gasteiger partial charge in [-0.1, -0.05) is 5.16 Å². The van der Waals surface area contributed by atoms with Crippen LogP contribution in [0.25, 0.3) is 10.9 Å². The first-order valence-electron chi connectivity index (χ1n) is 7.50. The van der Waals surface area contributed by atoms with E-state index in [4.69, 9.17) is 4.52 Å².